The van der Waals surface area contributed by atoms with Crippen molar-refractivity contribution in [3.8, 4) is 0 Å². The molecule has 1 unspecified atom stereocenters. The van der Waals surface area contributed by atoms with E-state index in [0.717, 1.165) is 0 Å². The van der Waals surface area contributed by atoms with Crippen molar-refractivity contribution in [3.63, 3.8) is 0 Å². The van der Waals surface area contributed by atoms with E-state index >= 15 is 0 Å². The maximum atomic E-state index is 11.7. The van der Waals surface area contributed by atoms with E-state index < -0.39 is 50.6 Å². The summed E-state index contributed by atoms with van der Waals surface area (Å²) >= 11 is -2.96. The molecule has 102 valence electrons. The van der Waals surface area contributed by atoms with Gasteiger partial charge in [-0.15, -0.1) is 0 Å². The van der Waals surface area contributed by atoms with Crippen molar-refractivity contribution in [2.45, 2.75) is 53.6 Å². The summed E-state index contributed by atoms with van der Waals surface area (Å²) in [4.78, 5) is 0. The monoisotopic (exact) mass is 312 g/mol. The van der Waals surface area contributed by atoms with Crippen LogP contribution in [-0.2, 0) is 8.48 Å². The Kier molecular flexibility index (Phi) is 5.25. The maximum absolute atomic E-state index is 11.7. The van der Waals surface area contributed by atoms with Crippen LogP contribution in [0.2, 0.25) is 16.6 Å². The van der Waals surface area contributed by atoms with Gasteiger partial charge in [-0.2, -0.15) is 0 Å². The van der Waals surface area contributed by atoms with Gasteiger partial charge in [-0.05, 0) is 0 Å². The van der Waals surface area contributed by atoms with Crippen LogP contribution in [0.15, 0.2) is 0 Å². The first-order chi connectivity index (χ1) is 7.74. The number of hydrogen-bond acceptors (Lipinski definition) is 6. The van der Waals surface area contributed by atoms with E-state index in [1.807, 2.05) is 0 Å². The first-order valence-corrected chi connectivity index (χ1v) is 11.4. The van der Waals surface area contributed by atoms with E-state index in [1.54, 1.807) is 11.4 Å². The Hall–Kier alpha value is 0.158. The molecule has 5 atom stereocenters. The van der Waals surface area contributed by atoms with Crippen molar-refractivity contribution in [1.82, 2.24) is 0 Å². The summed E-state index contributed by atoms with van der Waals surface area (Å²) in [7, 11) is 0. The van der Waals surface area contributed by atoms with E-state index in [2.05, 4.69) is 0 Å². The van der Waals surface area contributed by atoms with Crippen molar-refractivity contribution in [2.75, 3.05) is 6.61 Å². The minimum absolute atomic E-state index is 0.0514. The van der Waals surface area contributed by atoms with Crippen LogP contribution in [0.25, 0.3) is 0 Å². The minimum atomic E-state index is -2.96. The van der Waals surface area contributed by atoms with Gasteiger partial charge in [-0.25, -0.2) is 0 Å². The third-order valence-corrected chi connectivity index (χ3v) is 5.40. The summed E-state index contributed by atoms with van der Waals surface area (Å²) in [5, 5.41) is 37.7. The fraction of sp³-hybridized carbons (Fsp3) is 1.00. The summed E-state index contributed by atoms with van der Waals surface area (Å²) < 4.78 is 17.1. The van der Waals surface area contributed by atoms with E-state index in [-0.39, 0.29) is 11.6 Å². The number of rotatable bonds is 5. The van der Waals surface area contributed by atoms with Crippen LogP contribution in [0.1, 0.15) is 6.42 Å². The molecule has 17 heavy (non-hydrogen) atoms. The van der Waals surface area contributed by atoms with Crippen molar-refractivity contribution in [2.24, 2.45) is 0 Å². The molecule has 1 aliphatic rings. The van der Waals surface area contributed by atoms with Crippen LogP contribution in [0.5, 0.6) is 0 Å². The molecular weight excluding hydrogens is 291 g/mol. The zero-order chi connectivity index (χ0) is 13.2. The number of ether oxygens (including phenoxy) is 1. The van der Waals surface area contributed by atoms with Crippen LogP contribution in [0, 0.1) is 0 Å². The first-order valence-electron chi connectivity index (χ1n) is 5.59. The molecule has 6 nitrogen and oxygen atoms in total. The molecule has 1 rings (SSSR count). The Bertz CT molecular complexity index is 291. The summed E-state index contributed by atoms with van der Waals surface area (Å²) in [5.74, 6) is 0. The Morgan fingerprint density at radius 2 is 1.76 bits per heavy atom. The predicted molar refractivity (Wildman–Crippen MR) is 61.4 cm³/mol. The van der Waals surface area contributed by atoms with Gasteiger partial charge in [0.15, 0.2) is 0 Å². The van der Waals surface area contributed by atoms with Gasteiger partial charge in [-0.3, -0.25) is 0 Å². The zero-order valence-corrected chi connectivity index (χ0v) is 11.9. The average Bonchev–Trinajstić information content (AvgIpc) is 2.44. The normalized spacial score (nSPS) is 36.1. The van der Waals surface area contributed by atoms with Gasteiger partial charge in [0.1, 0.15) is 0 Å². The molecule has 0 saturated carbocycles. The Labute approximate surface area is 103 Å². The number of hydrogen-bond donors (Lipinski definition) is 4. The second-order valence-corrected chi connectivity index (χ2v) is 12.4. The summed E-state index contributed by atoms with van der Waals surface area (Å²) in [6.45, 7) is -0.419. The first kappa shape index (κ1) is 15.2. The molecule has 7 heteroatoms. The van der Waals surface area contributed by atoms with Gasteiger partial charge >= 0.3 is 103 Å². The molecule has 0 radical (unpaired) electrons. The number of aliphatic hydroxyl groups is 4. The molecule has 0 aliphatic carbocycles. The van der Waals surface area contributed by atoms with Crippen molar-refractivity contribution in [3.05, 3.63) is 0 Å². The van der Waals surface area contributed by atoms with Gasteiger partial charge < -0.3 is 0 Å². The van der Waals surface area contributed by atoms with E-state index in [4.69, 9.17) is 9.84 Å². The van der Waals surface area contributed by atoms with E-state index in [9.17, 15) is 19.1 Å². The van der Waals surface area contributed by atoms with E-state index in [0.29, 0.717) is 0 Å². The fourth-order valence-corrected chi connectivity index (χ4v) is 4.40. The van der Waals surface area contributed by atoms with Crippen LogP contribution in [0.4, 0.5) is 0 Å². The third kappa shape index (κ3) is 4.39. The van der Waals surface area contributed by atoms with Crippen molar-refractivity contribution in [1.29, 1.82) is 0 Å². The molecule has 0 aromatic rings. The van der Waals surface area contributed by atoms with Crippen LogP contribution in [0.3, 0.4) is 0 Å². The molecule has 0 aromatic heterocycles. The molecule has 0 bridgehead atoms. The van der Waals surface area contributed by atoms with Gasteiger partial charge in [0.2, 0.25) is 0 Å². The van der Waals surface area contributed by atoms with Crippen LogP contribution < -0.4 is 0 Å². The molecule has 0 spiro atoms. The molecular formula is C10H21AsO6. The molecule has 1 heterocycles. The van der Waals surface area contributed by atoms with Gasteiger partial charge in [-0.1, -0.05) is 0 Å². The van der Waals surface area contributed by atoms with Crippen LogP contribution in [-0.4, -0.2) is 71.0 Å². The Morgan fingerprint density at radius 1 is 1.24 bits per heavy atom. The second kappa shape index (κ2) is 5.87. The van der Waals surface area contributed by atoms with Gasteiger partial charge in [0.05, 0.1) is 0 Å². The second-order valence-electron chi connectivity index (χ2n) is 5.02. The topological polar surface area (TPSA) is 107 Å². The van der Waals surface area contributed by atoms with E-state index in [1.165, 1.54) is 0 Å². The third-order valence-electron chi connectivity index (χ3n) is 2.80. The zero-order valence-electron chi connectivity index (χ0n) is 10.1. The summed E-state index contributed by atoms with van der Waals surface area (Å²) in [6, 6.07) is 0. The van der Waals surface area contributed by atoms with Gasteiger partial charge in [0.25, 0.3) is 0 Å². The molecule has 0 amide bonds. The molecule has 1 fully saturated rings. The Morgan fingerprint density at radius 3 is 2.24 bits per heavy atom. The SMILES string of the molecule is C[As](C)(=O)C[C@H]1O[C@@H](CC(O)CO)[C@H](O)[C@@H]1O. The quantitative estimate of drug-likeness (QED) is 0.478. The summed E-state index contributed by atoms with van der Waals surface area (Å²) in [6.07, 6.45) is -4.50. The standard InChI is InChI=1S/C10H21AsO6/c1-11(2,16)4-8-10(15)9(14)7(17-8)3-6(13)5-12/h6-10,12-15H,3-5H2,1-2H3/t6?,7-,8+,9-,10+/m0/s1. The van der Waals surface area contributed by atoms with Crippen LogP contribution >= 0.6 is 0 Å². The fourth-order valence-electron chi connectivity index (χ4n) is 1.95. The molecule has 4 N–H and O–H groups in total. The Balaban J connectivity index is 2.59. The molecule has 0 aromatic carbocycles. The number of aliphatic hydroxyl groups excluding tert-OH is 4. The average molecular weight is 312 g/mol. The predicted octanol–water partition coefficient (Wildman–Crippen LogP) is -1.15. The molecule has 1 saturated heterocycles. The van der Waals surface area contributed by atoms with Crippen molar-refractivity contribution < 1.29 is 28.9 Å². The summed E-state index contributed by atoms with van der Waals surface area (Å²) in [5.41, 5.74) is 3.30. The van der Waals surface area contributed by atoms with Crippen molar-refractivity contribution >= 4 is 13.5 Å². The van der Waals surface area contributed by atoms with Gasteiger partial charge in [0, 0.05) is 0 Å². The molecule has 1 aliphatic heterocycles.